The number of hydrogen-bond acceptors (Lipinski definition) is 7. The molecule has 2 fully saturated rings. The van der Waals surface area contributed by atoms with Gasteiger partial charge in [0, 0.05) is 29.0 Å². The molecule has 4 rings (SSSR count). The van der Waals surface area contributed by atoms with Crippen LogP contribution in [0.1, 0.15) is 26.7 Å². The van der Waals surface area contributed by atoms with E-state index in [0.717, 1.165) is 13.0 Å². The van der Waals surface area contributed by atoms with Crippen LogP contribution in [0.5, 0.6) is 0 Å². The maximum Gasteiger partial charge on any atom is 0.326 e. The van der Waals surface area contributed by atoms with Crippen LogP contribution in [0.25, 0.3) is 0 Å². The van der Waals surface area contributed by atoms with Gasteiger partial charge in [0.05, 0.1) is 49.9 Å². The third-order valence-electron chi connectivity index (χ3n) is 6.51. The highest BCUT2D eigenvalue weighted by Crippen LogP contribution is 2.51. The second-order valence-electron chi connectivity index (χ2n) is 8.67. The summed E-state index contributed by atoms with van der Waals surface area (Å²) in [6.45, 7) is 5.67. The van der Waals surface area contributed by atoms with Gasteiger partial charge in [0.25, 0.3) is 0 Å². The van der Waals surface area contributed by atoms with Gasteiger partial charge in [0.2, 0.25) is 12.2 Å². The lowest BCUT2D eigenvalue weighted by Gasteiger charge is -2.47. The fraction of sp³-hybridized carbons (Fsp3) is 0.700. The summed E-state index contributed by atoms with van der Waals surface area (Å²) in [6, 6.07) is -0.656. The number of rotatable bonds is 5. The van der Waals surface area contributed by atoms with Crippen molar-refractivity contribution in [2.75, 3.05) is 26.7 Å². The average Bonchev–Trinajstić information content (AvgIpc) is 3.23. The molecule has 2 saturated heterocycles. The number of nitrogens with one attached hydrogen (secondary N) is 1. The standard InChI is InChI=1S/C20H28N4O5S/c1-10-15-14(11(2)25)19(27)24(15)16(20(28)29)17(10)30-12-7-13(21-8-12)18(26)23-6-4-5-22(3)9-23/h9-15,21,25H,4-8H2,1-3H3/t10-,11+,12-,13-,14+,15+/m0/s1. The predicted octanol–water partition coefficient (Wildman–Crippen LogP) is -1.83. The third-order valence-corrected chi connectivity index (χ3v) is 8.03. The van der Waals surface area contributed by atoms with Crippen molar-refractivity contribution in [1.29, 1.82) is 0 Å². The average molecular weight is 437 g/mol. The molecule has 4 aliphatic heterocycles. The number of carboxylic acid groups (broad SMARTS) is 1. The van der Waals surface area contributed by atoms with Crippen molar-refractivity contribution in [2.45, 2.75) is 50.1 Å². The van der Waals surface area contributed by atoms with Gasteiger partial charge in [-0.05, 0) is 13.3 Å². The van der Waals surface area contributed by atoms with Crippen LogP contribution in [-0.2, 0) is 14.4 Å². The minimum absolute atomic E-state index is 0.0204. The normalized spacial score (nSPS) is 34.6. The highest BCUT2D eigenvalue weighted by Gasteiger charge is 2.59. The highest BCUT2D eigenvalue weighted by atomic mass is 32.2. The van der Waals surface area contributed by atoms with Gasteiger partial charge in [0.1, 0.15) is 6.04 Å². The number of carbonyl (C=O) groups excluding carboxylic acids is 3. The summed E-state index contributed by atoms with van der Waals surface area (Å²) in [5, 5.41) is 25.1. The van der Waals surface area contributed by atoms with E-state index >= 15 is 0 Å². The number of nitrogens with zero attached hydrogens (tertiary/aromatic N) is 3. The summed E-state index contributed by atoms with van der Waals surface area (Å²) >= 11 is 1.42. The zero-order valence-corrected chi connectivity index (χ0v) is 18.2. The Balaban J connectivity index is 1.47. The smallest absolute Gasteiger partial charge is 0.326 e. The Kier molecular flexibility index (Phi) is 5.67. The molecule has 0 aliphatic carbocycles. The van der Waals surface area contributed by atoms with E-state index in [-0.39, 0.29) is 40.8 Å². The summed E-state index contributed by atoms with van der Waals surface area (Å²) in [7, 11) is 1.95. The first-order chi connectivity index (χ1) is 14.2. The van der Waals surface area contributed by atoms with Crippen molar-refractivity contribution in [3.63, 3.8) is 0 Å². The number of carboxylic acids is 1. The topological polar surface area (TPSA) is 116 Å². The number of aliphatic hydroxyl groups excluding tert-OH is 1. The van der Waals surface area contributed by atoms with Crippen LogP contribution >= 0.6 is 11.8 Å². The maximum absolute atomic E-state index is 12.8. The van der Waals surface area contributed by atoms with E-state index in [1.165, 1.54) is 16.7 Å². The number of carbonyl (C=O) groups is 3. The fourth-order valence-corrected chi connectivity index (χ4v) is 6.52. The zero-order chi connectivity index (χ0) is 21.7. The van der Waals surface area contributed by atoms with Crippen LogP contribution in [0.2, 0.25) is 0 Å². The molecule has 0 radical (unpaired) electrons. The van der Waals surface area contributed by atoms with Gasteiger partial charge in [-0.3, -0.25) is 9.37 Å². The molecule has 0 aromatic heterocycles. The van der Waals surface area contributed by atoms with Gasteiger partial charge in [-0.1, -0.05) is 6.92 Å². The lowest BCUT2D eigenvalue weighted by atomic mass is 9.79. The van der Waals surface area contributed by atoms with Crippen LogP contribution in [-0.4, -0.2) is 93.7 Å². The molecule has 10 heteroatoms. The Labute approximate surface area is 179 Å². The highest BCUT2D eigenvalue weighted by molar-refractivity contribution is 8.03. The molecule has 0 aromatic rings. The molecule has 0 bridgehead atoms. The largest absolute Gasteiger partial charge is 0.543 e. The molecule has 0 aromatic carbocycles. The van der Waals surface area contributed by atoms with Crippen LogP contribution in [0, 0.1) is 11.8 Å². The first-order valence-corrected chi connectivity index (χ1v) is 11.3. The number of thioether (sulfide) groups is 1. The minimum Gasteiger partial charge on any atom is -0.543 e. The molecule has 9 nitrogen and oxygen atoms in total. The Morgan fingerprint density at radius 2 is 2.17 bits per heavy atom. The molecule has 6 atom stereocenters. The Morgan fingerprint density at radius 3 is 2.80 bits per heavy atom. The van der Waals surface area contributed by atoms with Crippen molar-refractivity contribution < 1.29 is 29.2 Å². The molecule has 4 aliphatic rings. The first-order valence-electron chi connectivity index (χ1n) is 10.4. The second kappa shape index (κ2) is 7.97. The molecule has 4 heterocycles. The molecular formula is C20H28N4O5S. The van der Waals surface area contributed by atoms with E-state index in [1.807, 2.05) is 24.9 Å². The van der Waals surface area contributed by atoms with Gasteiger partial charge in [-0.15, -0.1) is 11.8 Å². The summed E-state index contributed by atoms with van der Waals surface area (Å²) in [4.78, 5) is 40.7. The summed E-state index contributed by atoms with van der Waals surface area (Å²) < 4.78 is 2.00. The SMILES string of the molecule is C[C@@H]1C(S[C@@H]2CN[C@H](C(=O)N3C=[N+](C)CCC3)C2)=C(C(=O)[O-])N2C(=O)[C@H]([C@@H](C)O)[C@@H]12. The molecule has 0 saturated carbocycles. The zero-order valence-electron chi connectivity index (χ0n) is 17.4. The van der Waals surface area contributed by atoms with E-state index in [2.05, 4.69) is 5.32 Å². The number of β-lactam (4-membered cyclic amide) rings is 1. The van der Waals surface area contributed by atoms with Crippen LogP contribution in [0.15, 0.2) is 10.6 Å². The lowest BCUT2D eigenvalue weighted by Crippen LogP contribution is -2.64. The molecule has 2 amide bonds. The van der Waals surface area contributed by atoms with Gasteiger partial charge in [0.15, 0.2) is 0 Å². The van der Waals surface area contributed by atoms with Crippen molar-refractivity contribution in [1.82, 2.24) is 15.1 Å². The Hall–Kier alpha value is -1.91. The van der Waals surface area contributed by atoms with Crippen molar-refractivity contribution in [3.8, 4) is 0 Å². The summed E-state index contributed by atoms with van der Waals surface area (Å²) in [5.74, 6) is -2.48. The van der Waals surface area contributed by atoms with E-state index < -0.39 is 18.0 Å². The maximum atomic E-state index is 12.8. The van der Waals surface area contributed by atoms with E-state index in [9.17, 15) is 24.6 Å². The monoisotopic (exact) mass is 436 g/mol. The van der Waals surface area contributed by atoms with Crippen LogP contribution < -0.4 is 10.4 Å². The van der Waals surface area contributed by atoms with E-state index in [1.54, 1.807) is 11.8 Å². The Bertz CT molecular complexity index is 841. The van der Waals surface area contributed by atoms with E-state index in [4.69, 9.17) is 0 Å². The quantitative estimate of drug-likeness (QED) is 0.385. The Morgan fingerprint density at radius 1 is 1.43 bits per heavy atom. The van der Waals surface area contributed by atoms with E-state index in [0.29, 0.717) is 24.4 Å². The van der Waals surface area contributed by atoms with Gasteiger partial charge in [-0.25, -0.2) is 9.69 Å². The molecule has 0 unspecified atom stereocenters. The fourth-order valence-electron chi connectivity index (χ4n) is 5.04. The second-order valence-corrected chi connectivity index (χ2v) is 10.0. The number of hydrogen-bond donors (Lipinski definition) is 2. The van der Waals surface area contributed by atoms with Crippen molar-refractivity contribution in [3.05, 3.63) is 10.6 Å². The number of aliphatic hydroxyl groups is 1. The van der Waals surface area contributed by atoms with Crippen LogP contribution in [0.4, 0.5) is 0 Å². The van der Waals surface area contributed by atoms with Crippen molar-refractivity contribution >= 4 is 35.9 Å². The van der Waals surface area contributed by atoms with Crippen molar-refractivity contribution in [2.24, 2.45) is 11.8 Å². The van der Waals surface area contributed by atoms with Crippen LogP contribution in [0.3, 0.4) is 0 Å². The molecule has 164 valence electrons. The number of aliphatic carboxylic acids is 1. The minimum atomic E-state index is -1.37. The third kappa shape index (κ3) is 3.44. The lowest BCUT2D eigenvalue weighted by molar-refractivity contribution is -0.502. The van der Waals surface area contributed by atoms with Gasteiger partial charge < -0.3 is 25.2 Å². The first kappa shape index (κ1) is 21.3. The summed E-state index contributed by atoms with van der Waals surface area (Å²) in [6.07, 6.45) is 2.53. The summed E-state index contributed by atoms with van der Waals surface area (Å²) in [5.41, 5.74) is -0.0693. The predicted molar refractivity (Wildman–Crippen MR) is 108 cm³/mol. The molecule has 0 spiro atoms. The molecule has 2 N–H and O–H groups in total. The molecular weight excluding hydrogens is 408 g/mol. The molecule has 30 heavy (non-hydrogen) atoms. The van der Waals surface area contributed by atoms with Gasteiger partial charge in [-0.2, -0.15) is 0 Å². The number of fused-ring (bicyclic) bond motifs is 1. The number of amides is 2. The van der Waals surface area contributed by atoms with Gasteiger partial charge >= 0.3 is 5.91 Å².